The number of rotatable bonds is 7. The molecule has 1 aromatic heterocycles. The van der Waals surface area contributed by atoms with Gasteiger partial charge in [0.1, 0.15) is 5.69 Å². The van der Waals surface area contributed by atoms with E-state index in [0.29, 0.717) is 10.7 Å². The number of carbonyl (C=O) groups is 1. The molecule has 1 amide bonds. The normalized spacial score (nSPS) is 27.1. The first kappa shape index (κ1) is 23.1. The van der Waals surface area contributed by atoms with E-state index in [9.17, 15) is 19.7 Å². The summed E-state index contributed by atoms with van der Waals surface area (Å²) in [6, 6.07) is 4.68. The smallest absolute Gasteiger partial charge is 0.293 e. The lowest BCUT2D eigenvalue weighted by atomic mass is 9.48. The molecule has 1 aromatic carbocycles. The van der Waals surface area contributed by atoms with Gasteiger partial charge in [0.2, 0.25) is 5.91 Å². The number of nitro groups is 1. The molecule has 0 spiro atoms. The lowest BCUT2D eigenvalue weighted by Crippen LogP contribution is -2.47. The number of nitrogens with zero attached hydrogens (tertiary/aromatic N) is 2. The Hall–Kier alpha value is -2.68. The number of aryl methyl sites for hydroxylation is 1. The maximum absolute atomic E-state index is 12.6. The van der Waals surface area contributed by atoms with E-state index in [0.717, 1.165) is 47.2 Å². The second-order valence-corrected chi connectivity index (χ2v) is 11.6. The second-order valence-electron chi connectivity index (χ2n) is 10.7. The molecule has 4 aliphatic carbocycles. The maximum atomic E-state index is 12.6. The minimum absolute atomic E-state index is 0.00611. The van der Waals surface area contributed by atoms with E-state index in [1.165, 1.54) is 50.7 Å². The highest BCUT2D eigenvalue weighted by Gasteiger charge is 2.51. The Labute approximate surface area is 202 Å². The topological polar surface area (TPSA) is 118 Å². The Bertz CT molecular complexity index is 1170. The zero-order valence-corrected chi connectivity index (χ0v) is 20.4. The first-order valence-electron chi connectivity index (χ1n) is 12.0. The lowest BCUT2D eigenvalue weighted by Gasteiger charge is -2.57. The van der Waals surface area contributed by atoms with E-state index >= 15 is 0 Å². The fraction of sp³-hybridized carbons (Fsp3) is 0.560. The van der Waals surface area contributed by atoms with Crippen molar-refractivity contribution < 1.29 is 9.72 Å². The molecule has 0 saturated heterocycles. The van der Waals surface area contributed by atoms with E-state index < -0.39 is 4.92 Å². The van der Waals surface area contributed by atoms with Crippen LogP contribution in [-0.2, 0) is 11.2 Å². The number of H-pyrrole nitrogens is 1. The Morgan fingerprint density at radius 1 is 1.21 bits per heavy atom. The van der Waals surface area contributed by atoms with Crippen LogP contribution in [0.3, 0.4) is 0 Å². The first-order valence-corrected chi connectivity index (χ1v) is 13.0. The molecule has 34 heavy (non-hydrogen) atoms. The van der Waals surface area contributed by atoms with Gasteiger partial charge in [-0.05, 0) is 93.6 Å². The summed E-state index contributed by atoms with van der Waals surface area (Å²) in [5.74, 6) is 2.10. The monoisotopic (exact) mass is 482 g/mol. The fourth-order valence-electron chi connectivity index (χ4n) is 6.88. The molecule has 4 aliphatic rings. The van der Waals surface area contributed by atoms with Gasteiger partial charge in [-0.2, -0.15) is 0 Å². The van der Waals surface area contributed by atoms with Gasteiger partial charge in [-0.15, -0.1) is 0 Å². The van der Waals surface area contributed by atoms with Gasteiger partial charge >= 0.3 is 0 Å². The van der Waals surface area contributed by atoms with Crippen molar-refractivity contribution in [2.45, 2.75) is 63.9 Å². The minimum atomic E-state index is -0.508. The van der Waals surface area contributed by atoms with Crippen molar-refractivity contribution in [3.05, 3.63) is 55.5 Å². The van der Waals surface area contributed by atoms with Crippen LogP contribution in [0.25, 0.3) is 0 Å². The van der Waals surface area contributed by atoms with Crippen LogP contribution in [0.1, 0.15) is 55.3 Å². The largest absolute Gasteiger partial charge is 0.320 e. The number of hydrogen-bond donors (Lipinski definition) is 2. The number of carbonyl (C=O) groups excluding carboxylic acids is 1. The summed E-state index contributed by atoms with van der Waals surface area (Å²) >= 11 is 1.15. The van der Waals surface area contributed by atoms with Crippen molar-refractivity contribution in [1.82, 2.24) is 9.97 Å². The van der Waals surface area contributed by atoms with Crippen LogP contribution in [0.2, 0.25) is 0 Å². The summed E-state index contributed by atoms with van der Waals surface area (Å²) in [4.78, 5) is 43.5. The summed E-state index contributed by atoms with van der Waals surface area (Å²) in [6.45, 7) is 3.59. The average Bonchev–Trinajstić information content (AvgIpc) is 2.75. The molecule has 0 radical (unpaired) electrons. The van der Waals surface area contributed by atoms with Crippen molar-refractivity contribution in [1.29, 1.82) is 0 Å². The number of aromatic amines is 1. The van der Waals surface area contributed by atoms with Crippen molar-refractivity contribution >= 4 is 29.0 Å². The SMILES string of the molecule is Cc1ccc(NC(=O)CSc2nc(CC34CC5CC(CC(C5)C3)C4)c(C)c(=O)[nH]2)c([N+](=O)[O-])c1. The third kappa shape index (κ3) is 4.62. The molecule has 180 valence electrons. The van der Waals surface area contributed by atoms with Crippen LogP contribution < -0.4 is 10.9 Å². The Morgan fingerprint density at radius 2 is 1.85 bits per heavy atom. The molecule has 0 atom stereocenters. The van der Waals surface area contributed by atoms with Crippen LogP contribution in [0, 0.1) is 47.1 Å². The Kier molecular flexibility index (Phi) is 6.00. The van der Waals surface area contributed by atoms with Gasteiger partial charge in [0.15, 0.2) is 5.16 Å². The number of nitrogens with one attached hydrogen (secondary N) is 2. The number of anilines is 1. The molecule has 6 rings (SSSR count). The molecule has 9 heteroatoms. The van der Waals surface area contributed by atoms with Crippen LogP contribution in [0.4, 0.5) is 11.4 Å². The van der Waals surface area contributed by atoms with Gasteiger partial charge in [-0.25, -0.2) is 4.98 Å². The fourth-order valence-corrected chi connectivity index (χ4v) is 7.56. The number of amides is 1. The van der Waals surface area contributed by atoms with E-state index in [4.69, 9.17) is 4.98 Å². The van der Waals surface area contributed by atoms with E-state index in [1.54, 1.807) is 13.0 Å². The Morgan fingerprint density at radius 3 is 2.47 bits per heavy atom. The van der Waals surface area contributed by atoms with Crippen molar-refractivity contribution in [2.24, 2.45) is 23.2 Å². The van der Waals surface area contributed by atoms with Crippen LogP contribution >= 0.6 is 11.8 Å². The van der Waals surface area contributed by atoms with Crippen LogP contribution in [-0.4, -0.2) is 26.6 Å². The number of benzene rings is 1. The predicted molar refractivity (Wildman–Crippen MR) is 131 cm³/mol. The number of hydrogen-bond acceptors (Lipinski definition) is 6. The van der Waals surface area contributed by atoms with Crippen molar-refractivity contribution in [3.63, 3.8) is 0 Å². The zero-order chi connectivity index (χ0) is 24.0. The van der Waals surface area contributed by atoms with E-state index in [-0.39, 0.29) is 34.0 Å². The third-order valence-corrected chi connectivity index (χ3v) is 8.78. The highest BCUT2D eigenvalue weighted by Crippen LogP contribution is 2.61. The lowest BCUT2D eigenvalue weighted by molar-refractivity contribution is -0.384. The van der Waals surface area contributed by atoms with Gasteiger partial charge in [0.05, 0.1) is 16.4 Å². The van der Waals surface area contributed by atoms with Crippen LogP contribution in [0.15, 0.2) is 28.2 Å². The number of thioether (sulfide) groups is 1. The van der Waals surface area contributed by atoms with E-state index in [2.05, 4.69) is 10.3 Å². The molecular formula is C25H30N4O4S. The average molecular weight is 483 g/mol. The molecular weight excluding hydrogens is 452 g/mol. The summed E-state index contributed by atoms with van der Waals surface area (Å²) in [5, 5.41) is 14.3. The standard InChI is InChI=1S/C25H30N4O4S/c1-14-3-4-19(21(5-14)29(32)33)26-22(30)13-34-24-27-20(15(2)23(31)28-24)12-25-9-16-6-17(10-25)8-18(7-16)11-25/h3-5,16-18H,6-13H2,1-2H3,(H,26,30)(H,27,28,31). The molecule has 2 N–H and O–H groups in total. The molecule has 2 aromatic rings. The number of aromatic nitrogens is 2. The highest BCUT2D eigenvalue weighted by molar-refractivity contribution is 7.99. The third-order valence-electron chi connectivity index (χ3n) is 7.90. The van der Waals surface area contributed by atoms with Crippen molar-refractivity contribution in [2.75, 3.05) is 11.1 Å². The molecule has 0 unspecified atom stereocenters. The number of nitro benzene ring substituents is 1. The van der Waals surface area contributed by atoms with Crippen molar-refractivity contribution in [3.8, 4) is 0 Å². The molecule has 0 aliphatic heterocycles. The van der Waals surface area contributed by atoms with Gasteiger partial charge in [0, 0.05) is 11.6 Å². The van der Waals surface area contributed by atoms with Crippen LogP contribution in [0.5, 0.6) is 0 Å². The molecule has 4 fully saturated rings. The van der Waals surface area contributed by atoms with Gasteiger partial charge < -0.3 is 10.3 Å². The maximum Gasteiger partial charge on any atom is 0.293 e. The molecule has 4 bridgehead atoms. The molecule has 8 nitrogen and oxygen atoms in total. The summed E-state index contributed by atoms with van der Waals surface area (Å²) in [7, 11) is 0. The first-order chi connectivity index (χ1) is 16.2. The van der Waals surface area contributed by atoms with Gasteiger partial charge in [-0.1, -0.05) is 17.8 Å². The predicted octanol–water partition coefficient (Wildman–Crippen LogP) is 4.78. The van der Waals surface area contributed by atoms with Gasteiger partial charge in [0.25, 0.3) is 11.2 Å². The van der Waals surface area contributed by atoms with E-state index in [1.807, 2.05) is 6.92 Å². The Balaban J connectivity index is 1.28. The molecule has 4 saturated carbocycles. The minimum Gasteiger partial charge on any atom is -0.320 e. The second kappa shape index (κ2) is 8.83. The van der Waals surface area contributed by atoms with Gasteiger partial charge in [-0.3, -0.25) is 19.7 Å². The quantitative estimate of drug-likeness (QED) is 0.254. The highest BCUT2D eigenvalue weighted by atomic mass is 32.2. The summed E-state index contributed by atoms with van der Waals surface area (Å²) in [5.41, 5.74) is 2.39. The summed E-state index contributed by atoms with van der Waals surface area (Å²) in [6.07, 6.45) is 8.68. The molecule has 1 heterocycles. The summed E-state index contributed by atoms with van der Waals surface area (Å²) < 4.78 is 0. The zero-order valence-electron chi connectivity index (χ0n) is 19.6.